The molecule has 2 aromatic heterocycles. The number of imidazole rings is 1. The van der Waals surface area contributed by atoms with Gasteiger partial charge in [-0.3, -0.25) is 9.78 Å². The molecule has 0 aliphatic heterocycles. The smallest absolute Gasteiger partial charge is 0.278 e. The maximum atomic E-state index is 11.7. The maximum Gasteiger partial charge on any atom is 0.278 e. The average Bonchev–Trinajstić information content (AvgIpc) is 2.76. The maximum absolute atomic E-state index is 11.7. The van der Waals surface area contributed by atoms with Gasteiger partial charge in [-0.2, -0.15) is 4.98 Å². The number of nitrogen functional groups attached to an aromatic ring is 1. The van der Waals surface area contributed by atoms with Gasteiger partial charge in [-0.15, -0.1) is 0 Å². The van der Waals surface area contributed by atoms with E-state index in [1.807, 2.05) is 6.92 Å². The number of phenolic OH excluding ortho intramolecular Hbond substituents is 1. The van der Waals surface area contributed by atoms with E-state index in [1.54, 1.807) is 18.2 Å². The number of aryl methyl sites for hydroxylation is 1. The van der Waals surface area contributed by atoms with Crippen molar-refractivity contribution in [3.8, 4) is 17.1 Å². The highest BCUT2D eigenvalue weighted by molar-refractivity contribution is 5.77. The van der Waals surface area contributed by atoms with E-state index in [4.69, 9.17) is 5.73 Å². The Morgan fingerprint density at radius 3 is 2.84 bits per heavy atom. The van der Waals surface area contributed by atoms with Crippen LogP contribution in [0.4, 0.5) is 5.95 Å². The second-order valence-corrected chi connectivity index (χ2v) is 4.26. The molecule has 0 bridgehead atoms. The fraction of sp³-hybridized carbons (Fsp3) is 0.0833. The van der Waals surface area contributed by atoms with Crippen LogP contribution in [-0.2, 0) is 0 Å². The number of aromatic amines is 2. The van der Waals surface area contributed by atoms with Crippen LogP contribution in [-0.4, -0.2) is 25.0 Å². The Balaban J connectivity index is 2.29. The van der Waals surface area contributed by atoms with Gasteiger partial charge in [0.25, 0.3) is 5.56 Å². The number of phenols is 1. The van der Waals surface area contributed by atoms with Gasteiger partial charge in [0.05, 0.1) is 5.56 Å². The van der Waals surface area contributed by atoms with E-state index < -0.39 is 5.56 Å². The molecule has 0 spiro atoms. The Morgan fingerprint density at radius 1 is 1.26 bits per heavy atom. The van der Waals surface area contributed by atoms with Crippen molar-refractivity contribution < 1.29 is 5.11 Å². The number of aromatic hydroxyl groups is 1. The third kappa shape index (κ3) is 1.81. The zero-order valence-electron chi connectivity index (χ0n) is 10.1. The van der Waals surface area contributed by atoms with Gasteiger partial charge in [-0.05, 0) is 19.1 Å². The van der Waals surface area contributed by atoms with E-state index in [0.29, 0.717) is 11.4 Å². The van der Waals surface area contributed by atoms with Gasteiger partial charge in [0.2, 0.25) is 5.95 Å². The van der Waals surface area contributed by atoms with Crippen molar-refractivity contribution in [1.29, 1.82) is 0 Å². The van der Waals surface area contributed by atoms with Crippen LogP contribution in [0, 0.1) is 6.92 Å². The Morgan fingerprint density at radius 2 is 2.05 bits per heavy atom. The largest absolute Gasteiger partial charge is 0.507 e. The summed E-state index contributed by atoms with van der Waals surface area (Å²) in [6.07, 6.45) is 0. The van der Waals surface area contributed by atoms with E-state index in [1.165, 1.54) is 0 Å². The minimum absolute atomic E-state index is 0.00372. The molecule has 0 aliphatic rings. The number of H-pyrrole nitrogens is 2. The number of benzene rings is 1. The molecule has 0 atom stereocenters. The van der Waals surface area contributed by atoms with Crippen LogP contribution in [0.15, 0.2) is 23.0 Å². The fourth-order valence-corrected chi connectivity index (χ4v) is 1.89. The second kappa shape index (κ2) is 3.84. The lowest BCUT2D eigenvalue weighted by Crippen LogP contribution is -2.10. The molecule has 0 aliphatic carbocycles. The number of nitrogens with one attached hydrogen (secondary N) is 2. The molecule has 0 amide bonds. The summed E-state index contributed by atoms with van der Waals surface area (Å²) in [5.41, 5.74) is 6.99. The molecule has 7 nitrogen and oxygen atoms in total. The Hall–Kier alpha value is -2.83. The SMILES string of the molecule is Cc1ccc(O)c(-c2nc3nc(N)[nH]c(=O)c3[nH]2)c1. The lowest BCUT2D eigenvalue weighted by Gasteiger charge is -2.01. The van der Waals surface area contributed by atoms with Crippen molar-refractivity contribution in [2.24, 2.45) is 0 Å². The molecule has 5 N–H and O–H groups in total. The first kappa shape index (κ1) is 11.3. The quantitative estimate of drug-likeness (QED) is 0.516. The molecule has 0 radical (unpaired) electrons. The highest BCUT2D eigenvalue weighted by Gasteiger charge is 2.13. The number of anilines is 1. The molecule has 96 valence electrons. The lowest BCUT2D eigenvalue weighted by molar-refractivity contribution is 0.477. The highest BCUT2D eigenvalue weighted by atomic mass is 16.3. The molecule has 7 heteroatoms. The summed E-state index contributed by atoms with van der Waals surface area (Å²) in [5.74, 6) is 0.456. The fourth-order valence-electron chi connectivity index (χ4n) is 1.89. The molecule has 1 aromatic carbocycles. The van der Waals surface area contributed by atoms with Crippen LogP contribution in [0.2, 0.25) is 0 Å². The molecular weight excluding hydrogens is 246 g/mol. The van der Waals surface area contributed by atoms with Crippen molar-refractivity contribution in [2.75, 3.05) is 5.73 Å². The number of aromatic nitrogens is 4. The number of nitrogens with two attached hydrogens (primary N) is 1. The second-order valence-electron chi connectivity index (χ2n) is 4.26. The molecule has 2 heterocycles. The van der Waals surface area contributed by atoms with Gasteiger partial charge < -0.3 is 15.8 Å². The van der Waals surface area contributed by atoms with Crippen molar-refractivity contribution in [1.82, 2.24) is 19.9 Å². The first-order valence-corrected chi connectivity index (χ1v) is 5.60. The summed E-state index contributed by atoms with van der Waals surface area (Å²) in [4.78, 5) is 25.0. The average molecular weight is 257 g/mol. The topological polar surface area (TPSA) is 121 Å². The third-order valence-corrected chi connectivity index (χ3v) is 2.79. The van der Waals surface area contributed by atoms with Gasteiger partial charge in [0, 0.05) is 0 Å². The molecule has 0 fully saturated rings. The van der Waals surface area contributed by atoms with E-state index >= 15 is 0 Å². The number of nitrogens with zero attached hydrogens (tertiary/aromatic N) is 2. The minimum Gasteiger partial charge on any atom is -0.507 e. The molecule has 0 saturated heterocycles. The first-order valence-electron chi connectivity index (χ1n) is 5.60. The Bertz CT molecular complexity index is 834. The molecule has 3 aromatic rings. The molecule has 0 unspecified atom stereocenters. The van der Waals surface area contributed by atoms with E-state index in [-0.39, 0.29) is 22.9 Å². The van der Waals surface area contributed by atoms with Crippen LogP contribution >= 0.6 is 0 Å². The molecule has 3 rings (SSSR count). The van der Waals surface area contributed by atoms with Gasteiger partial charge >= 0.3 is 0 Å². The van der Waals surface area contributed by atoms with Crippen LogP contribution in [0.5, 0.6) is 5.75 Å². The summed E-state index contributed by atoms with van der Waals surface area (Å²) < 4.78 is 0. The standard InChI is InChI=1S/C12H11N5O2/c1-5-2-3-7(18)6(4-5)9-14-8-10(15-9)16-12(13)17-11(8)19/h2-4,18H,1H3,(H4,13,14,15,16,17,19). The van der Waals surface area contributed by atoms with Crippen molar-refractivity contribution in [3.63, 3.8) is 0 Å². The number of hydrogen-bond donors (Lipinski definition) is 4. The summed E-state index contributed by atoms with van der Waals surface area (Å²) in [6.45, 7) is 1.90. The minimum atomic E-state index is -0.395. The molecule has 19 heavy (non-hydrogen) atoms. The van der Waals surface area contributed by atoms with Crippen molar-refractivity contribution in [3.05, 3.63) is 34.1 Å². The predicted octanol–water partition coefficient (Wildman–Crippen LogP) is 0.909. The number of hydrogen-bond acceptors (Lipinski definition) is 5. The van der Waals surface area contributed by atoms with Crippen LogP contribution in [0.25, 0.3) is 22.6 Å². The normalized spacial score (nSPS) is 11.0. The number of rotatable bonds is 1. The third-order valence-electron chi connectivity index (χ3n) is 2.79. The summed E-state index contributed by atoms with van der Waals surface area (Å²) in [5, 5.41) is 9.85. The van der Waals surface area contributed by atoms with Crippen molar-refractivity contribution >= 4 is 17.1 Å². The zero-order chi connectivity index (χ0) is 13.6. The zero-order valence-corrected chi connectivity index (χ0v) is 10.1. The Labute approximate surface area is 107 Å². The van der Waals surface area contributed by atoms with Crippen LogP contribution < -0.4 is 11.3 Å². The summed E-state index contributed by atoms with van der Waals surface area (Å²) >= 11 is 0. The first-order chi connectivity index (χ1) is 9.04. The molecule has 0 saturated carbocycles. The van der Waals surface area contributed by atoms with Crippen LogP contribution in [0.3, 0.4) is 0 Å². The highest BCUT2D eigenvalue weighted by Crippen LogP contribution is 2.28. The number of fused-ring (bicyclic) bond motifs is 1. The lowest BCUT2D eigenvalue weighted by atomic mass is 10.1. The monoisotopic (exact) mass is 257 g/mol. The van der Waals surface area contributed by atoms with E-state index in [0.717, 1.165) is 5.56 Å². The van der Waals surface area contributed by atoms with Crippen LogP contribution in [0.1, 0.15) is 5.56 Å². The summed E-state index contributed by atoms with van der Waals surface area (Å²) in [7, 11) is 0. The van der Waals surface area contributed by atoms with Gasteiger partial charge in [-0.1, -0.05) is 11.6 Å². The predicted molar refractivity (Wildman–Crippen MR) is 70.8 cm³/mol. The van der Waals surface area contributed by atoms with Gasteiger partial charge in [-0.25, -0.2) is 4.98 Å². The summed E-state index contributed by atoms with van der Waals surface area (Å²) in [6, 6.07) is 5.12. The van der Waals surface area contributed by atoms with Gasteiger partial charge in [0.15, 0.2) is 11.2 Å². The van der Waals surface area contributed by atoms with E-state index in [9.17, 15) is 9.90 Å². The van der Waals surface area contributed by atoms with E-state index in [2.05, 4.69) is 19.9 Å². The molecular formula is C12H11N5O2. The van der Waals surface area contributed by atoms with Crippen molar-refractivity contribution in [2.45, 2.75) is 6.92 Å². The Kier molecular flexibility index (Phi) is 2.28. The van der Waals surface area contributed by atoms with Gasteiger partial charge in [0.1, 0.15) is 11.6 Å².